The summed E-state index contributed by atoms with van der Waals surface area (Å²) in [6, 6.07) is 3.52. The molecule has 0 aliphatic heterocycles. The van der Waals surface area contributed by atoms with E-state index >= 15 is 0 Å². The van der Waals surface area contributed by atoms with Crippen LogP contribution in [0.15, 0.2) is 18.5 Å². The van der Waals surface area contributed by atoms with Crippen LogP contribution in [0.3, 0.4) is 0 Å². The predicted octanol–water partition coefficient (Wildman–Crippen LogP) is 2.35. The van der Waals surface area contributed by atoms with Crippen molar-refractivity contribution in [3.8, 4) is 0 Å². The van der Waals surface area contributed by atoms with Crippen LogP contribution in [0.4, 0.5) is 0 Å². The van der Waals surface area contributed by atoms with Crippen molar-refractivity contribution in [2.75, 3.05) is 20.8 Å². The van der Waals surface area contributed by atoms with Gasteiger partial charge in [0.2, 0.25) is 0 Å². The molecule has 0 atom stereocenters. The van der Waals surface area contributed by atoms with E-state index in [4.69, 9.17) is 14.2 Å². The summed E-state index contributed by atoms with van der Waals surface area (Å²) in [5, 5.41) is 0. The highest BCUT2D eigenvalue weighted by molar-refractivity contribution is 5.94. The van der Waals surface area contributed by atoms with E-state index in [0.29, 0.717) is 25.5 Å². The summed E-state index contributed by atoms with van der Waals surface area (Å²) in [5.41, 5.74) is 2.98. The van der Waals surface area contributed by atoms with Crippen LogP contribution >= 0.6 is 0 Å². The molecule has 2 rings (SSSR count). The second-order valence-electron chi connectivity index (χ2n) is 4.68. The van der Waals surface area contributed by atoms with E-state index in [0.717, 1.165) is 23.0 Å². The number of ether oxygens (including phenoxy) is 3. The lowest BCUT2D eigenvalue weighted by Gasteiger charge is -2.08. The average molecular weight is 292 g/mol. The largest absolute Gasteiger partial charge is 0.465 e. The van der Waals surface area contributed by atoms with Crippen LogP contribution in [-0.2, 0) is 27.5 Å². The topological polar surface area (TPSA) is 62.6 Å². The highest BCUT2D eigenvalue weighted by Crippen LogP contribution is 2.22. The molecular weight excluding hydrogens is 272 g/mol. The standard InChI is InChI=1S/C15H20N2O4/c1-4-5-21-10-17-9-16-14-12(8-19-2)6-11(7-13(14)17)15(18)20-3/h6-7,9H,4-5,8,10H2,1-3H3. The Morgan fingerprint density at radius 1 is 1.33 bits per heavy atom. The molecule has 114 valence electrons. The van der Waals surface area contributed by atoms with Gasteiger partial charge in [0.15, 0.2) is 0 Å². The molecule has 0 unspecified atom stereocenters. The lowest BCUT2D eigenvalue weighted by Crippen LogP contribution is -2.05. The lowest BCUT2D eigenvalue weighted by atomic mass is 10.1. The van der Waals surface area contributed by atoms with Gasteiger partial charge in [-0.1, -0.05) is 6.92 Å². The van der Waals surface area contributed by atoms with Gasteiger partial charge in [0.05, 0.1) is 36.6 Å². The van der Waals surface area contributed by atoms with Crippen molar-refractivity contribution < 1.29 is 19.0 Å². The number of benzene rings is 1. The number of carbonyl (C=O) groups excluding carboxylic acids is 1. The number of hydrogen-bond acceptors (Lipinski definition) is 5. The summed E-state index contributed by atoms with van der Waals surface area (Å²) in [6.07, 6.45) is 2.66. The van der Waals surface area contributed by atoms with Gasteiger partial charge in [0, 0.05) is 19.3 Å². The Hall–Kier alpha value is -1.92. The van der Waals surface area contributed by atoms with Crippen molar-refractivity contribution >= 4 is 17.0 Å². The highest BCUT2D eigenvalue weighted by Gasteiger charge is 2.14. The maximum atomic E-state index is 11.8. The third-order valence-electron chi connectivity index (χ3n) is 3.10. The first-order valence-corrected chi connectivity index (χ1v) is 6.84. The molecule has 0 N–H and O–H groups in total. The van der Waals surface area contributed by atoms with Crippen LogP contribution in [-0.4, -0.2) is 36.3 Å². The second-order valence-corrected chi connectivity index (χ2v) is 4.68. The zero-order chi connectivity index (χ0) is 15.2. The number of nitrogens with zero attached hydrogens (tertiary/aromatic N) is 2. The molecule has 0 aliphatic carbocycles. The van der Waals surface area contributed by atoms with E-state index < -0.39 is 0 Å². The fourth-order valence-electron chi connectivity index (χ4n) is 2.15. The van der Waals surface area contributed by atoms with Gasteiger partial charge >= 0.3 is 5.97 Å². The summed E-state index contributed by atoms with van der Waals surface area (Å²) in [4.78, 5) is 16.2. The SMILES string of the molecule is CCCOCn1cnc2c(COC)cc(C(=O)OC)cc21. The first-order valence-electron chi connectivity index (χ1n) is 6.84. The lowest BCUT2D eigenvalue weighted by molar-refractivity contribution is 0.0600. The van der Waals surface area contributed by atoms with Gasteiger partial charge in [-0.3, -0.25) is 0 Å². The van der Waals surface area contributed by atoms with Crippen molar-refractivity contribution in [1.29, 1.82) is 0 Å². The van der Waals surface area contributed by atoms with Gasteiger partial charge < -0.3 is 18.8 Å². The van der Waals surface area contributed by atoms with E-state index in [2.05, 4.69) is 11.9 Å². The molecule has 21 heavy (non-hydrogen) atoms. The number of aromatic nitrogens is 2. The minimum atomic E-state index is -0.378. The third kappa shape index (κ3) is 3.40. The van der Waals surface area contributed by atoms with E-state index in [-0.39, 0.29) is 5.97 Å². The first kappa shape index (κ1) is 15.5. The van der Waals surface area contributed by atoms with Crippen molar-refractivity contribution in [2.24, 2.45) is 0 Å². The number of imidazole rings is 1. The van der Waals surface area contributed by atoms with Crippen molar-refractivity contribution in [2.45, 2.75) is 26.7 Å². The number of rotatable bonds is 7. The van der Waals surface area contributed by atoms with Gasteiger partial charge in [0.25, 0.3) is 0 Å². The fraction of sp³-hybridized carbons (Fsp3) is 0.467. The maximum absolute atomic E-state index is 11.8. The Kier molecular flexibility index (Phi) is 5.30. The molecule has 0 fully saturated rings. The van der Waals surface area contributed by atoms with Crippen LogP contribution in [0.25, 0.3) is 11.0 Å². The van der Waals surface area contributed by atoms with Crippen LogP contribution < -0.4 is 0 Å². The number of methoxy groups -OCH3 is 2. The molecule has 0 saturated heterocycles. The summed E-state index contributed by atoms with van der Waals surface area (Å²) < 4.78 is 17.4. The van der Waals surface area contributed by atoms with Crippen LogP contribution in [0.5, 0.6) is 0 Å². The predicted molar refractivity (Wildman–Crippen MR) is 78.0 cm³/mol. The number of carbonyl (C=O) groups is 1. The summed E-state index contributed by atoms with van der Waals surface area (Å²) in [6.45, 7) is 3.52. The number of hydrogen-bond donors (Lipinski definition) is 0. The van der Waals surface area contributed by atoms with E-state index in [1.807, 2.05) is 4.57 Å². The molecule has 6 heteroatoms. The quantitative estimate of drug-likeness (QED) is 0.579. The van der Waals surface area contributed by atoms with Gasteiger partial charge in [-0.15, -0.1) is 0 Å². The normalized spacial score (nSPS) is 11.0. The van der Waals surface area contributed by atoms with Gasteiger partial charge in [-0.05, 0) is 18.6 Å². The summed E-state index contributed by atoms with van der Waals surface area (Å²) in [7, 11) is 2.97. The molecule has 0 radical (unpaired) electrons. The minimum Gasteiger partial charge on any atom is -0.465 e. The smallest absolute Gasteiger partial charge is 0.337 e. The van der Waals surface area contributed by atoms with E-state index in [1.54, 1.807) is 25.6 Å². The molecule has 0 aliphatic rings. The fourth-order valence-corrected chi connectivity index (χ4v) is 2.15. The Labute approximate surface area is 123 Å². The Bertz CT molecular complexity index is 621. The molecule has 1 heterocycles. The molecule has 0 bridgehead atoms. The third-order valence-corrected chi connectivity index (χ3v) is 3.10. The molecule has 1 aromatic carbocycles. The van der Waals surface area contributed by atoms with Crippen molar-refractivity contribution in [1.82, 2.24) is 9.55 Å². The van der Waals surface area contributed by atoms with Gasteiger partial charge in [-0.25, -0.2) is 9.78 Å². The van der Waals surface area contributed by atoms with Crippen LogP contribution in [0, 0.1) is 0 Å². The molecule has 0 saturated carbocycles. The zero-order valence-corrected chi connectivity index (χ0v) is 12.6. The highest BCUT2D eigenvalue weighted by atomic mass is 16.5. The van der Waals surface area contributed by atoms with Crippen molar-refractivity contribution in [3.05, 3.63) is 29.6 Å². The molecular formula is C15H20N2O4. The van der Waals surface area contributed by atoms with E-state index in [1.165, 1.54) is 7.11 Å². The van der Waals surface area contributed by atoms with Gasteiger partial charge in [-0.2, -0.15) is 0 Å². The zero-order valence-electron chi connectivity index (χ0n) is 12.6. The summed E-state index contributed by atoms with van der Waals surface area (Å²) in [5.74, 6) is -0.378. The minimum absolute atomic E-state index is 0.378. The van der Waals surface area contributed by atoms with Crippen LogP contribution in [0.2, 0.25) is 0 Å². The Morgan fingerprint density at radius 2 is 2.14 bits per heavy atom. The van der Waals surface area contributed by atoms with Gasteiger partial charge in [0.1, 0.15) is 6.73 Å². The summed E-state index contributed by atoms with van der Waals surface area (Å²) >= 11 is 0. The molecule has 2 aromatic rings. The maximum Gasteiger partial charge on any atom is 0.337 e. The number of fused-ring (bicyclic) bond motifs is 1. The monoisotopic (exact) mass is 292 g/mol. The first-order chi connectivity index (χ1) is 10.2. The molecule has 0 spiro atoms. The molecule has 0 amide bonds. The second kappa shape index (κ2) is 7.19. The Morgan fingerprint density at radius 3 is 2.81 bits per heavy atom. The number of esters is 1. The van der Waals surface area contributed by atoms with E-state index in [9.17, 15) is 4.79 Å². The average Bonchev–Trinajstić information content (AvgIpc) is 2.90. The molecule has 6 nitrogen and oxygen atoms in total. The Balaban J connectivity index is 2.43. The van der Waals surface area contributed by atoms with Crippen LogP contribution in [0.1, 0.15) is 29.3 Å². The molecule has 1 aromatic heterocycles. The van der Waals surface area contributed by atoms with Crippen molar-refractivity contribution in [3.63, 3.8) is 0 Å².